The van der Waals surface area contributed by atoms with E-state index in [4.69, 9.17) is 9.16 Å². The second kappa shape index (κ2) is 10.6. The van der Waals surface area contributed by atoms with Crippen LogP contribution in [0.1, 0.15) is 97.3 Å². The maximum absolute atomic E-state index is 6.98. The van der Waals surface area contributed by atoms with Crippen molar-refractivity contribution >= 4 is 9.04 Å². The Labute approximate surface area is 164 Å². The van der Waals surface area contributed by atoms with E-state index in [9.17, 15) is 0 Å². The van der Waals surface area contributed by atoms with Gasteiger partial charge in [-0.3, -0.25) is 0 Å². The largest absolute Gasteiger partial charge is 0.419 e. The van der Waals surface area contributed by atoms with E-state index in [1.54, 1.807) is 0 Å². The molecule has 0 aromatic rings. The van der Waals surface area contributed by atoms with E-state index in [-0.39, 0.29) is 0 Å². The van der Waals surface area contributed by atoms with Crippen molar-refractivity contribution in [2.75, 3.05) is 13.7 Å². The van der Waals surface area contributed by atoms with Crippen molar-refractivity contribution in [2.24, 2.45) is 17.8 Å². The van der Waals surface area contributed by atoms with Crippen molar-refractivity contribution < 1.29 is 9.16 Å². The molecule has 152 valence electrons. The van der Waals surface area contributed by atoms with E-state index in [0.29, 0.717) is 12.0 Å². The summed E-state index contributed by atoms with van der Waals surface area (Å²) in [6.07, 6.45) is 19.1. The summed E-state index contributed by atoms with van der Waals surface area (Å²) < 4.78 is 13.0. The Morgan fingerprint density at radius 2 is 1.35 bits per heavy atom. The van der Waals surface area contributed by atoms with Gasteiger partial charge in [-0.1, -0.05) is 84.5 Å². The third-order valence-electron chi connectivity index (χ3n) is 7.86. The van der Waals surface area contributed by atoms with E-state index < -0.39 is 9.04 Å². The molecule has 0 bridgehead atoms. The first-order valence-electron chi connectivity index (χ1n) is 11.8. The van der Waals surface area contributed by atoms with Crippen LogP contribution in [0.3, 0.4) is 0 Å². The van der Waals surface area contributed by atoms with Crippen LogP contribution in [0.25, 0.3) is 0 Å². The molecule has 0 heterocycles. The molecule has 0 radical (unpaired) electrons. The maximum Gasteiger partial charge on any atom is 0.183 e. The lowest BCUT2D eigenvalue weighted by atomic mass is 9.74. The smallest absolute Gasteiger partial charge is 0.183 e. The molecule has 3 saturated carbocycles. The number of hydrogen-bond donors (Lipinski definition) is 0. The van der Waals surface area contributed by atoms with Crippen molar-refractivity contribution in [1.82, 2.24) is 0 Å². The van der Waals surface area contributed by atoms with Crippen LogP contribution in [0, 0.1) is 17.8 Å². The Morgan fingerprint density at radius 3 is 1.85 bits per heavy atom. The van der Waals surface area contributed by atoms with Gasteiger partial charge in [0.25, 0.3) is 0 Å². The summed E-state index contributed by atoms with van der Waals surface area (Å²) in [5.74, 6) is 2.10. The molecule has 3 fully saturated rings. The molecule has 0 N–H and O–H groups in total. The third-order valence-corrected chi connectivity index (χ3v) is 11.6. The zero-order valence-electron chi connectivity index (χ0n) is 17.8. The first-order chi connectivity index (χ1) is 12.7. The second-order valence-corrected chi connectivity index (χ2v) is 13.0. The van der Waals surface area contributed by atoms with Crippen molar-refractivity contribution in [3.63, 3.8) is 0 Å². The predicted molar refractivity (Wildman–Crippen MR) is 113 cm³/mol. The highest BCUT2D eigenvalue weighted by Crippen LogP contribution is 2.43. The molecule has 0 spiro atoms. The van der Waals surface area contributed by atoms with Crippen LogP contribution < -0.4 is 0 Å². The molecule has 3 rings (SSSR count). The fourth-order valence-electron chi connectivity index (χ4n) is 6.37. The molecule has 3 aliphatic carbocycles. The molecular formula is C23H44O2Si. The molecule has 3 atom stereocenters. The van der Waals surface area contributed by atoms with Gasteiger partial charge in [0, 0.05) is 19.6 Å². The van der Waals surface area contributed by atoms with Crippen LogP contribution in [-0.2, 0) is 9.16 Å². The van der Waals surface area contributed by atoms with E-state index in [0.717, 1.165) is 29.5 Å². The topological polar surface area (TPSA) is 18.5 Å². The minimum Gasteiger partial charge on any atom is -0.419 e. The molecule has 26 heavy (non-hydrogen) atoms. The Morgan fingerprint density at radius 1 is 0.769 bits per heavy atom. The van der Waals surface area contributed by atoms with Gasteiger partial charge in [-0.2, -0.15) is 0 Å². The van der Waals surface area contributed by atoms with Gasteiger partial charge in [0.2, 0.25) is 0 Å². The van der Waals surface area contributed by atoms with Crippen LogP contribution >= 0.6 is 0 Å². The minimum absolute atomic E-state index is 0.427. The summed E-state index contributed by atoms with van der Waals surface area (Å²) >= 11 is 0. The average Bonchev–Trinajstić information content (AvgIpc) is 2.69. The maximum atomic E-state index is 6.98. The van der Waals surface area contributed by atoms with Gasteiger partial charge in [0.15, 0.2) is 9.04 Å². The number of hydrogen-bond acceptors (Lipinski definition) is 2. The molecule has 0 aromatic carbocycles. The lowest BCUT2D eigenvalue weighted by Gasteiger charge is -2.41. The lowest BCUT2D eigenvalue weighted by Crippen LogP contribution is -2.42. The van der Waals surface area contributed by atoms with E-state index in [1.807, 2.05) is 7.11 Å². The highest BCUT2D eigenvalue weighted by Gasteiger charge is 2.38. The first kappa shape index (κ1) is 20.9. The van der Waals surface area contributed by atoms with E-state index >= 15 is 0 Å². The lowest BCUT2D eigenvalue weighted by molar-refractivity contribution is -0.0498. The van der Waals surface area contributed by atoms with Crippen molar-refractivity contribution in [3.8, 4) is 0 Å². The van der Waals surface area contributed by atoms with Gasteiger partial charge in [-0.05, 0) is 35.8 Å². The highest BCUT2D eigenvalue weighted by molar-refractivity contribution is 6.55. The summed E-state index contributed by atoms with van der Waals surface area (Å²) in [5.41, 5.74) is 1.94. The standard InChI is InChI=1S/C23H44O2Si/c1-18(2)22-16-10-11-19(23(22)24-3)17-25-26(20-12-6-4-7-13-20)21-14-8-5-9-15-21/h18-23,26H,4-17H2,1-3H3. The monoisotopic (exact) mass is 380 g/mol. The molecule has 3 heteroatoms. The van der Waals surface area contributed by atoms with Gasteiger partial charge >= 0.3 is 0 Å². The zero-order chi connectivity index (χ0) is 18.4. The van der Waals surface area contributed by atoms with Crippen LogP contribution in [0.2, 0.25) is 11.1 Å². The number of rotatable bonds is 7. The predicted octanol–water partition coefficient (Wildman–Crippen LogP) is 6.48. The SMILES string of the molecule is COC1C(CO[SiH](C2CCCCC2)C2CCCCC2)CCCC1C(C)C. The molecule has 0 amide bonds. The molecule has 2 nitrogen and oxygen atoms in total. The van der Waals surface area contributed by atoms with Crippen molar-refractivity contribution in [2.45, 2.75) is 115 Å². The van der Waals surface area contributed by atoms with Crippen LogP contribution in [0.5, 0.6) is 0 Å². The number of methoxy groups -OCH3 is 1. The Bertz CT molecular complexity index is 370. The van der Waals surface area contributed by atoms with Crippen LogP contribution in [-0.4, -0.2) is 28.9 Å². The van der Waals surface area contributed by atoms with Gasteiger partial charge in [-0.25, -0.2) is 0 Å². The highest BCUT2D eigenvalue weighted by atomic mass is 28.3. The first-order valence-corrected chi connectivity index (χ1v) is 13.7. The fraction of sp³-hybridized carbons (Fsp3) is 1.00. The summed E-state index contributed by atoms with van der Waals surface area (Å²) in [5, 5.41) is 0. The van der Waals surface area contributed by atoms with Gasteiger partial charge < -0.3 is 9.16 Å². The van der Waals surface area contributed by atoms with Crippen molar-refractivity contribution in [1.29, 1.82) is 0 Å². The van der Waals surface area contributed by atoms with Crippen LogP contribution in [0.15, 0.2) is 0 Å². The van der Waals surface area contributed by atoms with Gasteiger partial charge in [0.05, 0.1) is 6.10 Å². The summed E-state index contributed by atoms with van der Waals surface area (Å²) in [6.45, 7) is 5.76. The fourth-order valence-corrected chi connectivity index (χ4v) is 10.4. The third kappa shape index (κ3) is 5.35. The average molecular weight is 381 g/mol. The summed E-state index contributed by atoms with van der Waals surface area (Å²) in [7, 11) is 0.834. The van der Waals surface area contributed by atoms with Crippen molar-refractivity contribution in [3.05, 3.63) is 0 Å². The molecule has 3 unspecified atom stereocenters. The van der Waals surface area contributed by atoms with Gasteiger partial charge in [-0.15, -0.1) is 0 Å². The van der Waals surface area contributed by atoms with E-state index in [1.165, 1.54) is 83.5 Å². The normalized spacial score (nSPS) is 32.4. The Kier molecular flexibility index (Phi) is 8.52. The quantitative estimate of drug-likeness (QED) is 0.470. The van der Waals surface area contributed by atoms with Crippen LogP contribution in [0.4, 0.5) is 0 Å². The molecular weight excluding hydrogens is 336 g/mol. The molecule has 0 saturated heterocycles. The minimum atomic E-state index is -1.11. The summed E-state index contributed by atoms with van der Waals surface area (Å²) in [4.78, 5) is 0. The molecule has 0 aliphatic heterocycles. The number of ether oxygens (including phenoxy) is 1. The Hall–Kier alpha value is 0.137. The second-order valence-electron chi connectivity index (χ2n) is 9.89. The molecule has 3 aliphatic rings. The summed E-state index contributed by atoms with van der Waals surface area (Å²) in [6, 6.07) is 0. The Balaban J connectivity index is 1.62. The van der Waals surface area contributed by atoms with E-state index in [2.05, 4.69) is 13.8 Å². The van der Waals surface area contributed by atoms with Gasteiger partial charge in [0.1, 0.15) is 0 Å². The molecule has 0 aromatic heterocycles. The zero-order valence-corrected chi connectivity index (χ0v) is 18.9.